The minimum atomic E-state index is -0.769. The Balaban J connectivity index is 1.69. The molecular formula is C20H18N2O3. The van der Waals surface area contributed by atoms with Gasteiger partial charge in [-0.3, -0.25) is 4.79 Å². The molecule has 3 aliphatic heterocycles. The normalized spacial score (nSPS) is 24.6. The summed E-state index contributed by atoms with van der Waals surface area (Å²) in [7, 11) is 0. The number of hydrogen-bond acceptors (Lipinski definition) is 5. The monoisotopic (exact) mass is 334 g/mol. The van der Waals surface area contributed by atoms with E-state index in [0.717, 1.165) is 39.0 Å². The third kappa shape index (κ3) is 1.99. The number of cyclic esters (lactones) is 1. The Labute approximate surface area is 145 Å². The molecule has 3 aliphatic rings. The van der Waals surface area contributed by atoms with Crippen molar-refractivity contribution in [1.82, 2.24) is 9.88 Å². The zero-order valence-electron chi connectivity index (χ0n) is 13.9. The molecule has 5 nitrogen and oxygen atoms in total. The standard InChI is InChI=1S/C20H18N2O3/c1-2-13-14-8-17-18-12(7-11-5-3-4-6-16(11)21-18)9-22(17)19(23)15(14)10-25-20(13)24/h3-8,13,19,23H,2,9-10H2,1H3/t13-,19?/m1/s1. The lowest BCUT2D eigenvalue weighted by Gasteiger charge is -2.37. The van der Waals surface area contributed by atoms with Crippen LogP contribution in [0.1, 0.15) is 24.6 Å². The van der Waals surface area contributed by atoms with Crippen LogP contribution in [-0.4, -0.2) is 33.8 Å². The first-order chi connectivity index (χ1) is 12.2. The predicted octanol–water partition coefficient (Wildman–Crippen LogP) is 2.60. The maximum atomic E-state index is 12.1. The molecule has 0 radical (unpaired) electrons. The summed E-state index contributed by atoms with van der Waals surface area (Å²) < 4.78 is 5.28. The molecule has 4 heterocycles. The first-order valence-corrected chi connectivity index (χ1v) is 8.62. The van der Waals surface area contributed by atoms with Crippen molar-refractivity contribution in [2.24, 2.45) is 5.92 Å². The molecule has 1 N–H and O–H groups in total. The molecule has 126 valence electrons. The number of aliphatic hydroxyl groups is 1. The van der Waals surface area contributed by atoms with Gasteiger partial charge in [0.1, 0.15) is 6.61 Å². The fourth-order valence-corrected chi connectivity index (χ4v) is 4.10. The molecule has 1 aromatic carbocycles. The fourth-order valence-electron chi connectivity index (χ4n) is 4.10. The smallest absolute Gasteiger partial charge is 0.313 e. The lowest BCUT2D eigenvalue weighted by molar-refractivity contribution is -0.148. The van der Waals surface area contributed by atoms with Gasteiger partial charge in [-0.05, 0) is 35.8 Å². The second-order valence-electron chi connectivity index (χ2n) is 6.77. The number of ether oxygens (including phenoxy) is 1. The summed E-state index contributed by atoms with van der Waals surface area (Å²) >= 11 is 0. The van der Waals surface area contributed by atoms with Gasteiger partial charge in [0.2, 0.25) is 0 Å². The van der Waals surface area contributed by atoms with Crippen LogP contribution in [0.25, 0.3) is 16.6 Å². The van der Waals surface area contributed by atoms with Gasteiger partial charge in [0.15, 0.2) is 6.23 Å². The van der Waals surface area contributed by atoms with Crippen LogP contribution >= 0.6 is 0 Å². The van der Waals surface area contributed by atoms with E-state index in [9.17, 15) is 9.90 Å². The van der Waals surface area contributed by atoms with Crippen molar-refractivity contribution in [1.29, 1.82) is 0 Å². The van der Waals surface area contributed by atoms with E-state index in [2.05, 4.69) is 6.07 Å². The Morgan fingerprint density at radius 1 is 1.36 bits per heavy atom. The molecule has 1 aromatic heterocycles. The Kier molecular flexibility index (Phi) is 3.03. The molecule has 0 spiro atoms. The third-order valence-electron chi connectivity index (χ3n) is 5.40. The number of para-hydroxylation sites is 1. The zero-order chi connectivity index (χ0) is 17.1. The van der Waals surface area contributed by atoms with Crippen molar-refractivity contribution in [2.45, 2.75) is 26.1 Å². The molecule has 25 heavy (non-hydrogen) atoms. The fraction of sp³-hybridized carbons (Fsp3) is 0.300. The van der Waals surface area contributed by atoms with Crippen molar-refractivity contribution in [3.63, 3.8) is 0 Å². The molecular weight excluding hydrogens is 316 g/mol. The number of carbonyl (C=O) groups is 1. The van der Waals surface area contributed by atoms with Gasteiger partial charge in [-0.25, -0.2) is 4.98 Å². The number of carbonyl (C=O) groups excluding carboxylic acids is 1. The van der Waals surface area contributed by atoms with E-state index >= 15 is 0 Å². The zero-order valence-corrected chi connectivity index (χ0v) is 13.9. The molecule has 0 fully saturated rings. The van der Waals surface area contributed by atoms with E-state index in [0.29, 0.717) is 13.0 Å². The van der Waals surface area contributed by atoms with Gasteiger partial charge in [-0.2, -0.15) is 0 Å². The van der Waals surface area contributed by atoms with Gasteiger partial charge in [-0.1, -0.05) is 25.1 Å². The van der Waals surface area contributed by atoms with Gasteiger partial charge in [-0.15, -0.1) is 0 Å². The van der Waals surface area contributed by atoms with E-state index < -0.39 is 6.23 Å². The molecule has 0 amide bonds. The minimum absolute atomic E-state index is 0.165. The van der Waals surface area contributed by atoms with Gasteiger partial charge in [0, 0.05) is 17.5 Å². The number of nitrogens with zero attached hydrogens (tertiary/aromatic N) is 2. The van der Waals surface area contributed by atoms with Crippen molar-refractivity contribution in [3.8, 4) is 0 Å². The van der Waals surface area contributed by atoms with Gasteiger partial charge >= 0.3 is 5.97 Å². The van der Waals surface area contributed by atoms with Gasteiger partial charge in [0.25, 0.3) is 0 Å². The second-order valence-corrected chi connectivity index (χ2v) is 6.77. The van der Waals surface area contributed by atoms with Crippen LogP contribution in [0.5, 0.6) is 0 Å². The maximum Gasteiger partial charge on any atom is 0.313 e. The molecule has 5 heteroatoms. The van der Waals surface area contributed by atoms with Crippen molar-refractivity contribution >= 4 is 22.6 Å². The molecule has 5 rings (SSSR count). The average molecular weight is 334 g/mol. The summed E-state index contributed by atoms with van der Waals surface area (Å²) in [6, 6.07) is 10.2. The van der Waals surface area contributed by atoms with E-state index in [1.54, 1.807) is 0 Å². The number of allylic oxidation sites excluding steroid dienone is 1. The number of aromatic nitrogens is 1. The largest absolute Gasteiger partial charge is 0.461 e. The molecule has 0 bridgehead atoms. The number of aliphatic hydroxyl groups excluding tert-OH is 1. The average Bonchev–Trinajstić information content (AvgIpc) is 2.98. The highest BCUT2D eigenvalue weighted by Crippen LogP contribution is 2.43. The summed E-state index contributed by atoms with van der Waals surface area (Å²) in [5.41, 5.74) is 5.55. The molecule has 0 saturated carbocycles. The van der Waals surface area contributed by atoms with E-state index in [-0.39, 0.29) is 18.5 Å². The summed E-state index contributed by atoms with van der Waals surface area (Å²) in [5.74, 6) is -0.513. The van der Waals surface area contributed by atoms with Crippen LogP contribution in [0, 0.1) is 5.92 Å². The first kappa shape index (κ1) is 14.7. The topological polar surface area (TPSA) is 62.7 Å². The number of esters is 1. The van der Waals surface area contributed by atoms with E-state index in [4.69, 9.17) is 9.72 Å². The second kappa shape index (κ2) is 5.17. The van der Waals surface area contributed by atoms with Crippen LogP contribution < -0.4 is 0 Å². The molecule has 0 aliphatic carbocycles. The molecule has 1 unspecified atom stereocenters. The highest BCUT2D eigenvalue weighted by atomic mass is 16.5. The first-order valence-electron chi connectivity index (χ1n) is 8.62. The van der Waals surface area contributed by atoms with Crippen LogP contribution in [0.2, 0.25) is 0 Å². The number of pyridine rings is 1. The Morgan fingerprint density at radius 2 is 2.20 bits per heavy atom. The quantitative estimate of drug-likeness (QED) is 0.812. The number of hydrogen-bond donors (Lipinski definition) is 1. The van der Waals surface area contributed by atoms with Gasteiger partial charge in [0.05, 0.1) is 22.8 Å². The summed E-state index contributed by atoms with van der Waals surface area (Å²) in [6.45, 7) is 2.74. The lowest BCUT2D eigenvalue weighted by Crippen LogP contribution is -2.41. The van der Waals surface area contributed by atoms with Crippen molar-refractivity contribution in [3.05, 3.63) is 58.8 Å². The predicted molar refractivity (Wildman–Crippen MR) is 93.0 cm³/mol. The Bertz CT molecular complexity index is 976. The van der Waals surface area contributed by atoms with Crippen LogP contribution in [-0.2, 0) is 16.1 Å². The summed E-state index contributed by atoms with van der Waals surface area (Å²) in [5, 5.41) is 12.0. The van der Waals surface area contributed by atoms with Crippen LogP contribution in [0.15, 0.2) is 47.6 Å². The number of rotatable bonds is 1. The molecule has 2 aromatic rings. The van der Waals surface area contributed by atoms with Gasteiger partial charge < -0.3 is 14.7 Å². The molecule has 0 saturated heterocycles. The summed E-state index contributed by atoms with van der Waals surface area (Å²) in [4.78, 5) is 18.9. The third-order valence-corrected chi connectivity index (χ3v) is 5.40. The summed E-state index contributed by atoms with van der Waals surface area (Å²) in [6.07, 6.45) is 1.92. The lowest BCUT2D eigenvalue weighted by atomic mass is 9.86. The minimum Gasteiger partial charge on any atom is -0.461 e. The Morgan fingerprint density at radius 3 is 3.04 bits per heavy atom. The number of benzene rings is 1. The van der Waals surface area contributed by atoms with Crippen LogP contribution in [0.4, 0.5) is 0 Å². The van der Waals surface area contributed by atoms with Crippen molar-refractivity contribution in [2.75, 3.05) is 6.61 Å². The van der Waals surface area contributed by atoms with Crippen molar-refractivity contribution < 1.29 is 14.6 Å². The highest BCUT2D eigenvalue weighted by Gasteiger charge is 2.41. The van der Waals surface area contributed by atoms with E-state index in [1.807, 2.05) is 42.2 Å². The SMILES string of the molecule is CC[C@H]1C(=O)OCC2=C1C=C1c3nc4ccccc4cc3CN1C2O. The van der Waals surface area contributed by atoms with E-state index in [1.165, 1.54) is 0 Å². The molecule has 2 atom stereocenters. The maximum absolute atomic E-state index is 12.1. The highest BCUT2D eigenvalue weighted by molar-refractivity contribution is 5.86. The van der Waals surface area contributed by atoms with Crippen LogP contribution in [0.3, 0.4) is 0 Å². The number of fused-ring (bicyclic) bond motifs is 4. The Hall–Kier alpha value is -2.66.